The number of oxime groups is 1. The summed E-state index contributed by atoms with van der Waals surface area (Å²) >= 11 is 0. The van der Waals surface area contributed by atoms with Crippen LogP contribution in [0.15, 0.2) is 40.4 Å². The zero-order valence-electron chi connectivity index (χ0n) is 17.8. The second-order valence-electron chi connectivity index (χ2n) is 7.81. The highest BCUT2D eigenvalue weighted by atomic mass is 32.2. The van der Waals surface area contributed by atoms with Crippen molar-refractivity contribution in [1.29, 1.82) is 0 Å². The molecule has 0 atom stereocenters. The van der Waals surface area contributed by atoms with Gasteiger partial charge in [-0.25, -0.2) is 8.42 Å². The van der Waals surface area contributed by atoms with Crippen LogP contribution in [0.5, 0.6) is 0 Å². The van der Waals surface area contributed by atoms with Gasteiger partial charge in [-0.1, -0.05) is 31.1 Å². The van der Waals surface area contributed by atoms with E-state index in [-0.39, 0.29) is 10.6 Å². The summed E-state index contributed by atoms with van der Waals surface area (Å²) in [6, 6.07) is 8.72. The number of hydrogen-bond acceptors (Lipinski definition) is 6. The average Bonchev–Trinajstić information content (AvgIpc) is 3.09. The van der Waals surface area contributed by atoms with Gasteiger partial charge in [-0.3, -0.25) is 4.79 Å². The molecule has 0 bridgehead atoms. The predicted octanol–water partition coefficient (Wildman–Crippen LogP) is 2.50. The van der Waals surface area contributed by atoms with Gasteiger partial charge in [0.1, 0.15) is 0 Å². The number of likely N-dealkylation sites (N-methyl/N-ethyl adjacent to an activating group) is 1. The fourth-order valence-corrected chi connectivity index (χ4v) is 5.85. The first kappa shape index (κ1) is 21.5. The number of anilines is 1. The van der Waals surface area contributed by atoms with Crippen LogP contribution in [0.4, 0.5) is 5.69 Å². The molecule has 164 valence electrons. The van der Waals surface area contributed by atoms with Crippen LogP contribution in [0.3, 0.4) is 0 Å². The van der Waals surface area contributed by atoms with Gasteiger partial charge in [0, 0.05) is 31.7 Å². The lowest BCUT2D eigenvalue weighted by Gasteiger charge is -2.29. The Balaban J connectivity index is 1.83. The quantitative estimate of drug-likeness (QED) is 0.547. The van der Waals surface area contributed by atoms with Crippen molar-refractivity contribution in [2.24, 2.45) is 5.16 Å². The van der Waals surface area contributed by atoms with Gasteiger partial charge in [0.15, 0.2) is 5.71 Å². The second-order valence-corrected chi connectivity index (χ2v) is 9.75. The van der Waals surface area contributed by atoms with Crippen LogP contribution in [0.2, 0.25) is 0 Å². The van der Waals surface area contributed by atoms with E-state index in [9.17, 15) is 18.4 Å². The van der Waals surface area contributed by atoms with Crippen LogP contribution < -0.4 is 5.32 Å². The summed E-state index contributed by atoms with van der Waals surface area (Å²) in [7, 11) is -1.51. The lowest BCUT2D eigenvalue weighted by Crippen LogP contribution is -2.30. The van der Waals surface area contributed by atoms with E-state index in [1.807, 2.05) is 27.0 Å². The lowest BCUT2D eigenvalue weighted by atomic mass is 9.87. The first-order chi connectivity index (χ1) is 14.8. The zero-order valence-corrected chi connectivity index (χ0v) is 18.7. The summed E-state index contributed by atoms with van der Waals surface area (Å²) in [6.07, 6.45) is 0.801. The minimum Gasteiger partial charge on any atom is -0.410 e. The number of nitrogens with zero attached hydrogens (tertiary/aromatic N) is 3. The topological polar surface area (TPSA) is 102 Å². The molecule has 0 saturated heterocycles. The molecule has 1 amide bonds. The van der Waals surface area contributed by atoms with Crippen LogP contribution in [-0.2, 0) is 27.8 Å². The third kappa shape index (κ3) is 3.52. The highest BCUT2D eigenvalue weighted by molar-refractivity contribution is 7.89. The standard InChI is InChI=1S/C22H26N4O4S/c1-4-26(5-2)31(29,30)15-8-6-14(7-9-15)17-12-18-20(23-22(27)21(18)24-28)19-13-25(3)11-10-16(17)19/h6-9,12,28H,4-5,10-11,13H2,1-3H3,(H,23,24,27). The van der Waals surface area contributed by atoms with Crippen molar-refractivity contribution in [2.75, 3.05) is 32.0 Å². The minimum absolute atomic E-state index is 0.00647. The van der Waals surface area contributed by atoms with E-state index < -0.39 is 15.9 Å². The smallest absolute Gasteiger partial charge is 0.278 e. The summed E-state index contributed by atoms with van der Waals surface area (Å²) in [5.41, 5.74) is 5.17. The Labute approximate surface area is 182 Å². The van der Waals surface area contributed by atoms with E-state index >= 15 is 0 Å². The highest BCUT2D eigenvalue weighted by Crippen LogP contribution is 2.40. The molecule has 0 unspecified atom stereocenters. The Kier molecular flexibility index (Phi) is 5.59. The Hall–Kier alpha value is -2.75. The van der Waals surface area contributed by atoms with Gasteiger partial charge in [-0.15, -0.1) is 0 Å². The number of carbonyl (C=O) groups is 1. The number of nitrogens with one attached hydrogen (secondary N) is 1. The molecule has 9 heteroatoms. The Morgan fingerprint density at radius 3 is 2.42 bits per heavy atom. The first-order valence-electron chi connectivity index (χ1n) is 10.3. The van der Waals surface area contributed by atoms with Crippen LogP contribution >= 0.6 is 0 Å². The minimum atomic E-state index is -3.53. The number of sulfonamides is 1. The Morgan fingerprint density at radius 2 is 1.81 bits per heavy atom. The monoisotopic (exact) mass is 442 g/mol. The normalized spacial score (nSPS) is 17.7. The molecular weight excluding hydrogens is 416 g/mol. The van der Waals surface area contributed by atoms with Crippen molar-refractivity contribution < 1.29 is 18.4 Å². The van der Waals surface area contributed by atoms with Gasteiger partial charge in [-0.05, 0) is 53.9 Å². The van der Waals surface area contributed by atoms with Gasteiger partial charge < -0.3 is 15.4 Å². The molecule has 2 aliphatic heterocycles. The lowest BCUT2D eigenvalue weighted by molar-refractivity contribution is -0.110. The molecule has 0 radical (unpaired) electrons. The molecule has 4 rings (SSSR count). The van der Waals surface area contributed by atoms with Gasteiger partial charge >= 0.3 is 0 Å². The number of amides is 1. The molecule has 31 heavy (non-hydrogen) atoms. The number of benzene rings is 2. The molecule has 0 saturated carbocycles. The maximum atomic E-state index is 12.8. The molecule has 2 heterocycles. The van der Waals surface area contributed by atoms with Crippen molar-refractivity contribution in [3.05, 3.63) is 47.0 Å². The largest absolute Gasteiger partial charge is 0.410 e. The Bertz CT molecular complexity index is 1170. The van der Waals surface area contributed by atoms with Gasteiger partial charge in [0.05, 0.1) is 10.6 Å². The summed E-state index contributed by atoms with van der Waals surface area (Å²) in [5.74, 6) is -0.425. The van der Waals surface area contributed by atoms with E-state index in [1.54, 1.807) is 24.3 Å². The van der Waals surface area contributed by atoms with Crippen LogP contribution in [0.25, 0.3) is 11.1 Å². The number of fused-ring (bicyclic) bond motifs is 3. The van der Waals surface area contributed by atoms with Crippen molar-refractivity contribution in [2.45, 2.75) is 31.7 Å². The summed E-state index contributed by atoms with van der Waals surface area (Å²) in [5, 5.41) is 15.4. The third-order valence-corrected chi connectivity index (χ3v) is 8.10. The summed E-state index contributed by atoms with van der Waals surface area (Å²) in [6.45, 7) is 6.01. The van der Waals surface area contributed by atoms with E-state index in [1.165, 1.54) is 4.31 Å². The number of rotatable bonds is 5. The van der Waals surface area contributed by atoms with Crippen molar-refractivity contribution in [3.8, 4) is 11.1 Å². The molecule has 0 fully saturated rings. The molecule has 2 N–H and O–H groups in total. The van der Waals surface area contributed by atoms with Gasteiger partial charge in [0.2, 0.25) is 10.0 Å². The van der Waals surface area contributed by atoms with E-state index in [0.717, 1.165) is 35.2 Å². The van der Waals surface area contributed by atoms with Crippen LogP contribution in [-0.4, -0.2) is 61.1 Å². The fourth-order valence-electron chi connectivity index (χ4n) is 4.39. The maximum absolute atomic E-state index is 12.8. The molecule has 0 aromatic heterocycles. The van der Waals surface area contributed by atoms with Gasteiger partial charge in [0.25, 0.3) is 5.91 Å². The number of hydrogen-bond donors (Lipinski definition) is 2. The van der Waals surface area contributed by atoms with E-state index in [2.05, 4.69) is 15.4 Å². The molecule has 2 aromatic carbocycles. The van der Waals surface area contributed by atoms with Crippen molar-refractivity contribution in [3.63, 3.8) is 0 Å². The van der Waals surface area contributed by atoms with Crippen LogP contribution in [0.1, 0.15) is 30.5 Å². The SMILES string of the molecule is CCN(CC)S(=O)(=O)c1ccc(-c2cc3c(c4c2CCN(C)C4)NC(=O)/C3=N\O)cc1. The molecule has 0 aliphatic carbocycles. The second kappa shape index (κ2) is 8.07. The zero-order chi connectivity index (χ0) is 22.3. The van der Waals surface area contributed by atoms with E-state index in [4.69, 9.17) is 0 Å². The predicted molar refractivity (Wildman–Crippen MR) is 119 cm³/mol. The summed E-state index contributed by atoms with van der Waals surface area (Å²) < 4.78 is 27.1. The molecule has 0 spiro atoms. The molecule has 2 aromatic rings. The van der Waals surface area contributed by atoms with Crippen molar-refractivity contribution in [1.82, 2.24) is 9.21 Å². The Morgan fingerprint density at radius 1 is 1.13 bits per heavy atom. The average molecular weight is 443 g/mol. The third-order valence-electron chi connectivity index (χ3n) is 6.04. The fraction of sp³-hybridized carbons (Fsp3) is 0.364. The first-order valence-corrected chi connectivity index (χ1v) is 11.8. The highest BCUT2D eigenvalue weighted by Gasteiger charge is 2.33. The maximum Gasteiger partial charge on any atom is 0.278 e. The van der Waals surface area contributed by atoms with Crippen molar-refractivity contribution >= 4 is 27.3 Å². The molecule has 8 nitrogen and oxygen atoms in total. The van der Waals surface area contributed by atoms with Gasteiger partial charge in [-0.2, -0.15) is 4.31 Å². The molecular formula is C22H26N4O4S. The van der Waals surface area contributed by atoms with E-state index in [0.29, 0.717) is 30.9 Å². The number of carbonyl (C=O) groups excluding carboxylic acids is 1. The summed E-state index contributed by atoms with van der Waals surface area (Å²) in [4.78, 5) is 14.7. The van der Waals surface area contributed by atoms with Crippen LogP contribution in [0, 0.1) is 0 Å². The molecule has 2 aliphatic rings.